The number of anilines is 1. The molecule has 0 aliphatic carbocycles. The van der Waals surface area contributed by atoms with Gasteiger partial charge in [-0.05, 0) is 12.5 Å². The van der Waals surface area contributed by atoms with Crippen molar-refractivity contribution >= 4 is 11.6 Å². The first-order chi connectivity index (χ1) is 12.6. The molecule has 0 saturated heterocycles. The zero-order valence-corrected chi connectivity index (χ0v) is 15.7. The van der Waals surface area contributed by atoms with Crippen molar-refractivity contribution in [2.75, 3.05) is 33.2 Å². The van der Waals surface area contributed by atoms with Crippen LogP contribution in [-0.4, -0.2) is 33.8 Å². The molecule has 0 unspecified atom stereocenters. The zero-order valence-electron chi connectivity index (χ0n) is 15.7. The van der Waals surface area contributed by atoms with E-state index in [1.54, 1.807) is 19.2 Å². The van der Waals surface area contributed by atoms with Crippen molar-refractivity contribution in [3.63, 3.8) is 0 Å². The lowest BCUT2D eigenvalue weighted by atomic mass is 10.1. The lowest BCUT2D eigenvalue weighted by molar-refractivity contribution is -0.116. The Balaban J connectivity index is 1.86. The van der Waals surface area contributed by atoms with Crippen molar-refractivity contribution in [2.24, 2.45) is 0 Å². The highest BCUT2D eigenvalue weighted by Gasteiger charge is 2.14. The van der Waals surface area contributed by atoms with Gasteiger partial charge in [-0.3, -0.25) is 4.79 Å². The average Bonchev–Trinajstić information content (AvgIpc) is 2.65. The summed E-state index contributed by atoms with van der Waals surface area (Å²) < 4.78 is 15.9. The Hall–Kier alpha value is -2.73. The third kappa shape index (κ3) is 5.39. The van der Waals surface area contributed by atoms with Crippen molar-refractivity contribution < 1.29 is 19.0 Å². The number of aryl methyl sites for hydroxylation is 1. The van der Waals surface area contributed by atoms with Gasteiger partial charge in [0.15, 0.2) is 11.5 Å². The van der Waals surface area contributed by atoms with E-state index in [1.807, 2.05) is 0 Å². The number of benzene rings is 2. The molecule has 0 atom stereocenters. The molecule has 2 N–H and O–H groups in total. The first-order valence-electron chi connectivity index (χ1n) is 8.43. The fraction of sp³-hybridized carbons (Fsp3) is 0.350. The van der Waals surface area contributed by atoms with Gasteiger partial charge in [-0.1, -0.05) is 29.8 Å². The van der Waals surface area contributed by atoms with Crippen LogP contribution in [0.3, 0.4) is 0 Å². The van der Waals surface area contributed by atoms with Crippen molar-refractivity contribution in [3.05, 3.63) is 47.5 Å². The van der Waals surface area contributed by atoms with Crippen LogP contribution in [0.15, 0.2) is 36.4 Å². The summed E-state index contributed by atoms with van der Waals surface area (Å²) >= 11 is 0. The predicted octanol–water partition coefficient (Wildman–Crippen LogP) is 3.14. The highest BCUT2D eigenvalue weighted by Crippen LogP contribution is 2.39. The molecule has 0 aromatic heterocycles. The fourth-order valence-corrected chi connectivity index (χ4v) is 2.52. The van der Waals surface area contributed by atoms with Gasteiger partial charge in [-0.2, -0.15) is 0 Å². The van der Waals surface area contributed by atoms with E-state index in [9.17, 15) is 4.79 Å². The van der Waals surface area contributed by atoms with E-state index >= 15 is 0 Å². The molecule has 0 bridgehead atoms. The minimum absolute atomic E-state index is 0.0873. The van der Waals surface area contributed by atoms with Gasteiger partial charge in [0.25, 0.3) is 0 Å². The third-order valence-electron chi connectivity index (χ3n) is 3.93. The second kappa shape index (κ2) is 9.68. The SMILES string of the molecule is COc1cc(NC(=O)CCNCc2ccc(C)cc2)cc(OC)c1OC. The average molecular weight is 358 g/mol. The van der Waals surface area contributed by atoms with Crippen LogP contribution in [0, 0.1) is 6.92 Å². The Kier molecular flexibility index (Phi) is 7.29. The maximum absolute atomic E-state index is 12.2. The summed E-state index contributed by atoms with van der Waals surface area (Å²) in [7, 11) is 4.62. The van der Waals surface area contributed by atoms with Crippen LogP contribution in [-0.2, 0) is 11.3 Å². The van der Waals surface area contributed by atoms with Gasteiger partial charge in [-0.25, -0.2) is 0 Å². The minimum Gasteiger partial charge on any atom is -0.493 e. The highest BCUT2D eigenvalue weighted by atomic mass is 16.5. The van der Waals surface area contributed by atoms with Crippen LogP contribution in [0.4, 0.5) is 5.69 Å². The molecular formula is C20H26N2O4. The number of amides is 1. The number of carbonyl (C=O) groups is 1. The first kappa shape index (κ1) is 19.6. The van der Waals surface area contributed by atoms with Gasteiger partial charge >= 0.3 is 0 Å². The van der Waals surface area contributed by atoms with Gasteiger partial charge in [0.2, 0.25) is 11.7 Å². The molecule has 140 valence electrons. The number of nitrogens with one attached hydrogen (secondary N) is 2. The van der Waals surface area contributed by atoms with Crippen LogP contribution >= 0.6 is 0 Å². The smallest absolute Gasteiger partial charge is 0.225 e. The maximum Gasteiger partial charge on any atom is 0.225 e. The molecule has 2 aromatic carbocycles. The first-order valence-corrected chi connectivity index (χ1v) is 8.43. The van der Waals surface area contributed by atoms with E-state index in [4.69, 9.17) is 14.2 Å². The third-order valence-corrected chi connectivity index (χ3v) is 3.93. The Morgan fingerprint density at radius 3 is 2.12 bits per heavy atom. The molecule has 6 heteroatoms. The monoisotopic (exact) mass is 358 g/mol. The molecular weight excluding hydrogens is 332 g/mol. The van der Waals surface area contributed by atoms with Gasteiger partial charge in [-0.15, -0.1) is 0 Å². The van der Waals surface area contributed by atoms with E-state index < -0.39 is 0 Å². The lowest BCUT2D eigenvalue weighted by Gasteiger charge is -2.14. The van der Waals surface area contributed by atoms with Crippen LogP contribution in [0.25, 0.3) is 0 Å². The largest absolute Gasteiger partial charge is 0.493 e. The van der Waals surface area contributed by atoms with Crippen LogP contribution in [0.2, 0.25) is 0 Å². The van der Waals surface area contributed by atoms with E-state index in [0.717, 1.165) is 6.54 Å². The van der Waals surface area contributed by atoms with Crippen molar-refractivity contribution in [1.29, 1.82) is 0 Å². The number of ether oxygens (including phenoxy) is 3. The number of carbonyl (C=O) groups excluding carboxylic acids is 1. The van der Waals surface area contributed by atoms with Crippen LogP contribution in [0.5, 0.6) is 17.2 Å². The summed E-state index contributed by atoms with van der Waals surface area (Å²) in [5.41, 5.74) is 3.03. The lowest BCUT2D eigenvalue weighted by Crippen LogP contribution is -2.21. The van der Waals surface area contributed by atoms with Gasteiger partial charge < -0.3 is 24.8 Å². The molecule has 2 rings (SSSR count). The summed E-state index contributed by atoms with van der Waals surface area (Å²) in [4.78, 5) is 12.2. The standard InChI is InChI=1S/C20H26N2O4/c1-14-5-7-15(8-6-14)13-21-10-9-19(23)22-16-11-17(24-2)20(26-4)18(12-16)25-3/h5-8,11-12,21H,9-10,13H2,1-4H3,(H,22,23). The Bertz CT molecular complexity index is 704. The molecule has 0 spiro atoms. The number of hydrogen-bond donors (Lipinski definition) is 2. The topological polar surface area (TPSA) is 68.8 Å². The molecule has 1 amide bonds. The van der Waals surface area contributed by atoms with E-state index in [2.05, 4.69) is 41.8 Å². The number of hydrogen-bond acceptors (Lipinski definition) is 5. The summed E-state index contributed by atoms with van der Waals surface area (Å²) in [6.45, 7) is 3.38. The normalized spacial score (nSPS) is 10.3. The molecule has 0 aliphatic rings. The Labute approximate surface area is 154 Å². The summed E-state index contributed by atoms with van der Waals surface area (Å²) in [6, 6.07) is 11.7. The van der Waals surface area contributed by atoms with Crippen molar-refractivity contribution in [2.45, 2.75) is 19.9 Å². The molecule has 0 fully saturated rings. The van der Waals surface area contributed by atoms with E-state index in [1.165, 1.54) is 25.3 Å². The van der Waals surface area contributed by atoms with Crippen LogP contribution < -0.4 is 24.8 Å². The van der Waals surface area contributed by atoms with Crippen molar-refractivity contribution in [1.82, 2.24) is 5.32 Å². The van der Waals surface area contributed by atoms with E-state index in [-0.39, 0.29) is 5.91 Å². The molecule has 2 aromatic rings. The molecule has 0 saturated carbocycles. The van der Waals surface area contributed by atoms with Crippen LogP contribution in [0.1, 0.15) is 17.5 Å². The summed E-state index contributed by atoms with van der Waals surface area (Å²) in [5, 5.41) is 6.13. The molecule has 0 aliphatic heterocycles. The number of methoxy groups -OCH3 is 3. The zero-order chi connectivity index (χ0) is 18.9. The Morgan fingerprint density at radius 2 is 1.58 bits per heavy atom. The second-order valence-electron chi connectivity index (χ2n) is 5.87. The molecule has 0 heterocycles. The molecule has 26 heavy (non-hydrogen) atoms. The maximum atomic E-state index is 12.2. The van der Waals surface area contributed by atoms with Gasteiger partial charge in [0, 0.05) is 37.3 Å². The van der Waals surface area contributed by atoms with Gasteiger partial charge in [0.1, 0.15) is 0 Å². The summed E-state index contributed by atoms with van der Waals surface area (Å²) in [5.74, 6) is 1.41. The molecule has 6 nitrogen and oxygen atoms in total. The van der Waals surface area contributed by atoms with E-state index in [0.29, 0.717) is 35.9 Å². The highest BCUT2D eigenvalue weighted by molar-refractivity contribution is 5.91. The molecule has 0 radical (unpaired) electrons. The second-order valence-corrected chi connectivity index (χ2v) is 5.87. The van der Waals surface area contributed by atoms with Crippen molar-refractivity contribution in [3.8, 4) is 17.2 Å². The minimum atomic E-state index is -0.0873. The quantitative estimate of drug-likeness (QED) is 0.674. The Morgan fingerprint density at radius 1 is 0.962 bits per heavy atom. The number of rotatable bonds is 9. The predicted molar refractivity (Wildman–Crippen MR) is 102 cm³/mol. The fourth-order valence-electron chi connectivity index (χ4n) is 2.52. The van der Waals surface area contributed by atoms with Gasteiger partial charge in [0.05, 0.1) is 21.3 Å². The summed E-state index contributed by atoms with van der Waals surface area (Å²) in [6.07, 6.45) is 0.364.